The van der Waals surface area contributed by atoms with E-state index >= 15 is 0 Å². The van der Waals surface area contributed by atoms with Gasteiger partial charge >= 0.3 is 6.03 Å². The van der Waals surface area contributed by atoms with Gasteiger partial charge in [-0.05, 0) is 59.2 Å². The third-order valence-corrected chi connectivity index (χ3v) is 5.51. The summed E-state index contributed by atoms with van der Waals surface area (Å²) < 4.78 is 6.71. The normalized spacial score (nSPS) is 14.8. The number of nitrogens with one attached hydrogen (secondary N) is 1. The molecule has 3 amide bonds. The maximum atomic E-state index is 12.7. The highest BCUT2D eigenvalue weighted by Crippen LogP contribution is 2.20. The lowest BCUT2D eigenvalue weighted by molar-refractivity contribution is -0.123. The molecule has 0 bridgehead atoms. The summed E-state index contributed by atoms with van der Waals surface area (Å²) in [5.74, 6) is 0.353. The summed E-state index contributed by atoms with van der Waals surface area (Å²) in [6.45, 7) is 0.643. The molecule has 0 radical (unpaired) electrons. The van der Waals surface area contributed by atoms with Gasteiger partial charge in [-0.2, -0.15) is 0 Å². The van der Waals surface area contributed by atoms with Gasteiger partial charge in [0, 0.05) is 9.50 Å². The number of ether oxygens (including phenoxy) is 1. The van der Waals surface area contributed by atoms with E-state index in [2.05, 4.69) is 21.2 Å². The van der Waals surface area contributed by atoms with Crippen molar-refractivity contribution in [1.82, 2.24) is 10.2 Å². The summed E-state index contributed by atoms with van der Waals surface area (Å²) in [5.41, 5.74) is 2.92. The van der Waals surface area contributed by atoms with Gasteiger partial charge in [0.05, 0.1) is 6.54 Å². The minimum atomic E-state index is -0.429. The summed E-state index contributed by atoms with van der Waals surface area (Å²) in [5, 5.41) is 3.33. The van der Waals surface area contributed by atoms with Crippen LogP contribution in [0.3, 0.4) is 0 Å². The third kappa shape index (κ3) is 5.34. The first kappa shape index (κ1) is 21.2. The van der Waals surface area contributed by atoms with Gasteiger partial charge in [-0.25, -0.2) is 4.79 Å². The fraction of sp³-hybridized carbons (Fsp3) is 0.0833. The number of amides is 3. The highest BCUT2D eigenvalue weighted by atomic mass is 79.9. The molecule has 5 nitrogen and oxygen atoms in total. The van der Waals surface area contributed by atoms with Crippen LogP contribution in [0.4, 0.5) is 4.79 Å². The molecule has 31 heavy (non-hydrogen) atoms. The molecule has 3 aromatic rings. The molecular weight excluding hydrogens is 480 g/mol. The van der Waals surface area contributed by atoms with Gasteiger partial charge in [0.2, 0.25) is 0 Å². The first-order chi connectivity index (χ1) is 15.0. The van der Waals surface area contributed by atoms with E-state index in [9.17, 15) is 9.59 Å². The molecule has 0 aliphatic carbocycles. The largest absolute Gasteiger partial charge is 0.489 e. The number of carbonyl (C=O) groups excluding carboxylic acids is 2. The quantitative estimate of drug-likeness (QED) is 0.347. The van der Waals surface area contributed by atoms with Crippen molar-refractivity contribution in [1.29, 1.82) is 0 Å². The molecule has 1 saturated heterocycles. The number of rotatable bonds is 6. The van der Waals surface area contributed by atoms with Gasteiger partial charge in [0.25, 0.3) is 5.91 Å². The molecule has 0 saturated carbocycles. The Hall–Kier alpha value is -3.09. The number of benzene rings is 3. The zero-order valence-electron chi connectivity index (χ0n) is 16.3. The Morgan fingerprint density at radius 2 is 1.55 bits per heavy atom. The van der Waals surface area contributed by atoms with Crippen molar-refractivity contribution in [2.75, 3.05) is 0 Å². The number of urea groups is 1. The fourth-order valence-corrected chi connectivity index (χ4v) is 3.45. The average Bonchev–Trinajstić information content (AvgIpc) is 3.03. The zero-order valence-corrected chi connectivity index (χ0v) is 18.7. The van der Waals surface area contributed by atoms with Crippen molar-refractivity contribution in [2.45, 2.75) is 13.2 Å². The second kappa shape index (κ2) is 9.37. The zero-order chi connectivity index (χ0) is 21.8. The molecule has 0 atom stereocenters. The topological polar surface area (TPSA) is 58.6 Å². The monoisotopic (exact) mass is 496 g/mol. The van der Waals surface area contributed by atoms with E-state index in [1.54, 1.807) is 6.08 Å². The van der Waals surface area contributed by atoms with E-state index in [1.807, 2.05) is 72.8 Å². The Balaban J connectivity index is 1.39. The first-order valence-electron chi connectivity index (χ1n) is 9.54. The highest BCUT2D eigenvalue weighted by Gasteiger charge is 2.33. The van der Waals surface area contributed by atoms with Crippen LogP contribution in [0.15, 0.2) is 83.0 Å². The molecule has 0 unspecified atom stereocenters. The maximum absolute atomic E-state index is 12.7. The number of hydrogen-bond donors (Lipinski definition) is 1. The molecule has 1 heterocycles. The number of hydrogen-bond acceptors (Lipinski definition) is 3. The summed E-state index contributed by atoms with van der Waals surface area (Å²) in [4.78, 5) is 26.1. The van der Waals surface area contributed by atoms with Crippen LogP contribution in [0, 0.1) is 0 Å². The van der Waals surface area contributed by atoms with Crippen molar-refractivity contribution in [2.24, 2.45) is 0 Å². The molecule has 1 N–H and O–H groups in total. The Labute approximate surface area is 193 Å². The van der Waals surface area contributed by atoms with Gasteiger partial charge in [-0.15, -0.1) is 0 Å². The summed E-state index contributed by atoms with van der Waals surface area (Å²) in [6.07, 6.45) is 1.66. The van der Waals surface area contributed by atoms with Crippen molar-refractivity contribution in [3.05, 3.63) is 105 Å². The molecule has 1 aliphatic heterocycles. The molecule has 7 heteroatoms. The van der Waals surface area contributed by atoms with E-state index in [1.165, 1.54) is 4.90 Å². The minimum absolute atomic E-state index is 0.215. The summed E-state index contributed by atoms with van der Waals surface area (Å²) in [6, 6.07) is 21.8. The van der Waals surface area contributed by atoms with Crippen LogP contribution in [-0.4, -0.2) is 16.8 Å². The SMILES string of the molecule is O=C1N/C(=C/c2ccc(OCc3ccc(Cl)cc3)cc2)C(=O)N1Cc1ccc(Br)cc1. The lowest BCUT2D eigenvalue weighted by atomic mass is 10.1. The summed E-state index contributed by atoms with van der Waals surface area (Å²) in [7, 11) is 0. The average molecular weight is 498 g/mol. The second-order valence-electron chi connectivity index (χ2n) is 6.99. The van der Waals surface area contributed by atoms with Crippen LogP contribution in [0.5, 0.6) is 5.75 Å². The number of halogens is 2. The standard InChI is InChI=1S/C24H18BrClN2O3/c25-19-7-1-17(2-8-19)14-28-23(29)22(27-24(28)30)13-16-5-11-21(12-6-16)31-15-18-3-9-20(26)10-4-18/h1-13H,14-15H2,(H,27,30)/b22-13+. The molecule has 156 valence electrons. The lowest BCUT2D eigenvalue weighted by Crippen LogP contribution is -2.30. The van der Waals surface area contributed by atoms with Crippen molar-refractivity contribution in [3.63, 3.8) is 0 Å². The van der Waals surface area contributed by atoms with E-state index in [-0.39, 0.29) is 18.1 Å². The lowest BCUT2D eigenvalue weighted by Gasteiger charge is -2.11. The van der Waals surface area contributed by atoms with Crippen molar-refractivity contribution >= 4 is 45.5 Å². The predicted molar refractivity (Wildman–Crippen MR) is 123 cm³/mol. The van der Waals surface area contributed by atoms with Crippen molar-refractivity contribution in [3.8, 4) is 5.75 Å². The molecule has 0 spiro atoms. The van der Waals surface area contributed by atoms with E-state index in [0.29, 0.717) is 17.4 Å². The van der Waals surface area contributed by atoms with Crippen LogP contribution < -0.4 is 10.1 Å². The summed E-state index contributed by atoms with van der Waals surface area (Å²) >= 11 is 9.26. The number of nitrogens with zero attached hydrogens (tertiary/aromatic N) is 1. The number of imide groups is 1. The molecule has 4 rings (SSSR count). The van der Waals surface area contributed by atoms with E-state index in [4.69, 9.17) is 16.3 Å². The maximum Gasteiger partial charge on any atom is 0.329 e. The van der Waals surface area contributed by atoms with Gasteiger partial charge in [0.1, 0.15) is 18.1 Å². The van der Waals surface area contributed by atoms with E-state index in [0.717, 1.165) is 21.2 Å². The predicted octanol–water partition coefficient (Wildman–Crippen LogP) is 5.77. The van der Waals surface area contributed by atoms with Gasteiger partial charge < -0.3 is 10.1 Å². The third-order valence-electron chi connectivity index (χ3n) is 4.73. The van der Waals surface area contributed by atoms with Crippen LogP contribution >= 0.6 is 27.5 Å². The van der Waals surface area contributed by atoms with Gasteiger partial charge in [-0.3, -0.25) is 9.69 Å². The fourth-order valence-electron chi connectivity index (χ4n) is 3.06. The van der Waals surface area contributed by atoms with Crippen molar-refractivity contribution < 1.29 is 14.3 Å². The van der Waals surface area contributed by atoms with Gasteiger partial charge in [0.15, 0.2) is 0 Å². The molecule has 1 fully saturated rings. The Bertz CT molecular complexity index is 1130. The molecular formula is C24H18BrClN2O3. The first-order valence-corrected chi connectivity index (χ1v) is 10.7. The van der Waals surface area contributed by atoms with Crippen LogP contribution in [0.25, 0.3) is 6.08 Å². The number of carbonyl (C=O) groups is 2. The Kier molecular flexibility index (Phi) is 6.39. The van der Waals surface area contributed by atoms with Crippen LogP contribution in [0.2, 0.25) is 5.02 Å². The van der Waals surface area contributed by atoms with Crippen LogP contribution in [0.1, 0.15) is 16.7 Å². The second-order valence-corrected chi connectivity index (χ2v) is 8.34. The molecule has 1 aliphatic rings. The Morgan fingerprint density at radius 1 is 0.903 bits per heavy atom. The highest BCUT2D eigenvalue weighted by molar-refractivity contribution is 9.10. The van der Waals surface area contributed by atoms with Crippen LogP contribution in [-0.2, 0) is 17.9 Å². The Morgan fingerprint density at radius 3 is 2.23 bits per heavy atom. The smallest absolute Gasteiger partial charge is 0.329 e. The minimum Gasteiger partial charge on any atom is -0.489 e. The van der Waals surface area contributed by atoms with E-state index < -0.39 is 6.03 Å². The molecule has 3 aromatic carbocycles. The van der Waals surface area contributed by atoms with Gasteiger partial charge in [-0.1, -0.05) is 63.9 Å². The molecule has 0 aromatic heterocycles.